The van der Waals surface area contributed by atoms with E-state index in [4.69, 9.17) is 9.47 Å². The monoisotopic (exact) mass is 398 g/mol. The van der Waals surface area contributed by atoms with Gasteiger partial charge in [0.05, 0.1) is 5.56 Å². The molecule has 0 saturated heterocycles. The fraction of sp³-hybridized carbons (Fsp3) is 0.750. The Labute approximate surface area is 129 Å². The molecule has 0 radical (unpaired) electrons. The number of halogens is 1. The van der Waals surface area contributed by atoms with Crippen molar-refractivity contribution < 1.29 is 14.6 Å². The van der Waals surface area contributed by atoms with Crippen molar-refractivity contribution in [2.24, 2.45) is 0 Å². The maximum absolute atomic E-state index is 9.78. The summed E-state index contributed by atoms with van der Waals surface area (Å²) in [5, 5.41) is 14.1. The molecular weight excluding hydrogens is 375 g/mol. The zero-order valence-corrected chi connectivity index (χ0v) is 15.2. The smallest absolute Gasteiger partial charge is 0.185 e. The molecule has 0 aliphatic heterocycles. The molecule has 0 saturated carbocycles. The van der Waals surface area contributed by atoms with Gasteiger partial charge in [-0.2, -0.15) is 5.10 Å². The van der Waals surface area contributed by atoms with E-state index in [2.05, 4.69) is 47.3 Å². The zero-order valence-electron chi connectivity index (χ0n) is 12.0. The lowest BCUT2D eigenvalue weighted by Crippen LogP contribution is -2.22. The molecule has 1 unspecified atom stereocenters. The molecule has 0 bridgehead atoms. The summed E-state index contributed by atoms with van der Waals surface area (Å²) in [6.07, 6.45) is 0.865. The Kier molecular flexibility index (Phi) is 6.95. The van der Waals surface area contributed by atoms with Crippen LogP contribution in [0.15, 0.2) is 6.20 Å². The third kappa shape index (κ3) is 6.35. The van der Waals surface area contributed by atoms with Crippen LogP contribution in [-0.2, 0) is 16.2 Å². The summed E-state index contributed by atoms with van der Waals surface area (Å²) in [5.41, 5.74) is 0.691. The van der Waals surface area contributed by atoms with Gasteiger partial charge in [-0.3, -0.25) is 0 Å². The largest absolute Gasteiger partial charge is 0.364 e. The third-order valence-electron chi connectivity index (χ3n) is 2.55. The van der Waals surface area contributed by atoms with Crippen molar-refractivity contribution in [3.05, 3.63) is 15.5 Å². The van der Waals surface area contributed by atoms with E-state index in [1.54, 1.807) is 10.9 Å². The Morgan fingerprint density at radius 1 is 1.47 bits per heavy atom. The first-order valence-corrected chi connectivity index (χ1v) is 11.2. The van der Waals surface area contributed by atoms with Crippen LogP contribution in [0.5, 0.6) is 0 Å². The number of rotatable bonds is 8. The molecule has 5 nitrogen and oxygen atoms in total. The molecule has 1 atom stereocenters. The standard InChI is InChI=1S/C12H23IN2O3Si/c1-5-18-12(16)10-8-15(14-11(10)13)9-17-6-7-19(2,3)4/h8,12,16H,5-7,9H2,1-4H3. The summed E-state index contributed by atoms with van der Waals surface area (Å²) in [5.74, 6) is 0. The van der Waals surface area contributed by atoms with Crippen LogP contribution in [0.2, 0.25) is 25.7 Å². The molecule has 1 aromatic heterocycles. The number of nitrogens with zero attached hydrogens (tertiary/aromatic N) is 2. The maximum Gasteiger partial charge on any atom is 0.185 e. The van der Waals surface area contributed by atoms with Gasteiger partial charge in [0.1, 0.15) is 10.4 Å². The molecule has 19 heavy (non-hydrogen) atoms. The van der Waals surface area contributed by atoms with Gasteiger partial charge in [-0.15, -0.1) is 0 Å². The first-order valence-electron chi connectivity index (χ1n) is 6.43. The molecule has 1 heterocycles. The van der Waals surface area contributed by atoms with Gasteiger partial charge in [-0.1, -0.05) is 19.6 Å². The second-order valence-corrected chi connectivity index (χ2v) is 12.2. The quantitative estimate of drug-likeness (QED) is 0.317. The second kappa shape index (κ2) is 7.72. The van der Waals surface area contributed by atoms with Crippen molar-refractivity contribution in [3.8, 4) is 0 Å². The molecule has 1 rings (SSSR count). The van der Waals surface area contributed by atoms with Crippen LogP contribution in [-0.4, -0.2) is 36.2 Å². The average Bonchev–Trinajstić information content (AvgIpc) is 2.65. The van der Waals surface area contributed by atoms with E-state index < -0.39 is 14.4 Å². The normalized spacial score (nSPS) is 13.8. The number of hydrogen-bond donors (Lipinski definition) is 1. The first kappa shape index (κ1) is 17.1. The summed E-state index contributed by atoms with van der Waals surface area (Å²) >= 11 is 2.09. The summed E-state index contributed by atoms with van der Waals surface area (Å²) in [7, 11) is -1.05. The van der Waals surface area contributed by atoms with Gasteiger partial charge in [-0.05, 0) is 35.6 Å². The van der Waals surface area contributed by atoms with Crippen molar-refractivity contribution in [1.82, 2.24) is 9.78 Å². The van der Waals surface area contributed by atoms with Gasteiger partial charge in [0, 0.05) is 27.5 Å². The Hall–Kier alpha value is 0.0369. The molecule has 1 aromatic rings. The maximum atomic E-state index is 9.78. The predicted molar refractivity (Wildman–Crippen MR) is 85.6 cm³/mol. The molecule has 1 N–H and O–H groups in total. The van der Waals surface area contributed by atoms with E-state index in [1.807, 2.05) is 6.92 Å². The van der Waals surface area contributed by atoms with Crippen molar-refractivity contribution in [2.45, 2.75) is 45.6 Å². The minimum atomic E-state index is -1.05. The topological polar surface area (TPSA) is 56.5 Å². The number of aromatic nitrogens is 2. The Morgan fingerprint density at radius 2 is 2.16 bits per heavy atom. The number of aliphatic hydroxyl groups excluding tert-OH is 1. The fourth-order valence-electron chi connectivity index (χ4n) is 1.43. The van der Waals surface area contributed by atoms with Crippen LogP contribution < -0.4 is 0 Å². The molecule has 0 fully saturated rings. The lowest BCUT2D eigenvalue weighted by atomic mass is 10.3. The summed E-state index contributed by atoms with van der Waals surface area (Å²) < 4.78 is 13.2. The third-order valence-corrected chi connectivity index (χ3v) is 5.10. The number of ether oxygens (including phenoxy) is 2. The van der Waals surface area contributed by atoms with Gasteiger partial charge >= 0.3 is 0 Å². The van der Waals surface area contributed by atoms with Crippen LogP contribution in [0.1, 0.15) is 18.8 Å². The van der Waals surface area contributed by atoms with E-state index in [0.717, 1.165) is 16.4 Å². The summed E-state index contributed by atoms with van der Waals surface area (Å²) in [6, 6.07) is 1.14. The highest BCUT2D eigenvalue weighted by molar-refractivity contribution is 14.1. The minimum Gasteiger partial charge on any atom is -0.364 e. The average molecular weight is 398 g/mol. The Bertz CT molecular complexity index is 393. The highest BCUT2D eigenvalue weighted by atomic mass is 127. The molecule has 0 aromatic carbocycles. The number of aliphatic hydroxyl groups is 1. The lowest BCUT2D eigenvalue weighted by molar-refractivity contribution is -0.0985. The van der Waals surface area contributed by atoms with Gasteiger partial charge in [0.2, 0.25) is 0 Å². The van der Waals surface area contributed by atoms with E-state index in [9.17, 15) is 5.11 Å². The van der Waals surface area contributed by atoms with E-state index in [-0.39, 0.29) is 0 Å². The van der Waals surface area contributed by atoms with Crippen LogP contribution in [0, 0.1) is 3.70 Å². The molecule has 110 valence electrons. The summed E-state index contributed by atoms with van der Waals surface area (Å²) in [4.78, 5) is 0. The highest BCUT2D eigenvalue weighted by Gasteiger charge is 2.16. The van der Waals surface area contributed by atoms with Crippen molar-refractivity contribution in [3.63, 3.8) is 0 Å². The van der Waals surface area contributed by atoms with Crippen molar-refractivity contribution in [2.75, 3.05) is 13.2 Å². The zero-order chi connectivity index (χ0) is 14.5. The van der Waals surface area contributed by atoms with Gasteiger partial charge in [0.15, 0.2) is 6.29 Å². The fourth-order valence-corrected chi connectivity index (χ4v) is 2.87. The number of hydrogen-bond acceptors (Lipinski definition) is 4. The van der Waals surface area contributed by atoms with Gasteiger partial charge in [0.25, 0.3) is 0 Å². The van der Waals surface area contributed by atoms with Crippen LogP contribution in [0.3, 0.4) is 0 Å². The molecule has 0 amide bonds. The molecule has 0 aliphatic carbocycles. The van der Waals surface area contributed by atoms with Crippen molar-refractivity contribution >= 4 is 30.7 Å². The van der Waals surface area contributed by atoms with E-state index >= 15 is 0 Å². The first-order chi connectivity index (χ1) is 8.83. The van der Waals surface area contributed by atoms with Crippen LogP contribution >= 0.6 is 22.6 Å². The van der Waals surface area contributed by atoms with Gasteiger partial charge in [-0.25, -0.2) is 4.68 Å². The highest BCUT2D eigenvalue weighted by Crippen LogP contribution is 2.19. The molecule has 7 heteroatoms. The molecule has 0 aliphatic rings. The molecular formula is C12H23IN2O3Si. The van der Waals surface area contributed by atoms with Crippen molar-refractivity contribution in [1.29, 1.82) is 0 Å². The lowest BCUT2D eigenvalue weighted by Gasteiger charge is -2.15. The predicted octanol–water partition coefficient (Wildman–Crippen LogP) is 2.83. The minimum absolute atomic E-state index is 0.416. The van der Waals surface area contributed by atoms with Gasteiger partial charge < -0.3 is 14.6 Å². The second-order valence-electron chi connectivity index (χ2n) is 5.57. The van der Waals surface area contributed by atoms with Crippen LogP contribution in [0.4, 0.5) is 0 Å². The Morgan fingerprint density at radius 3 is 2.74 bits per heavy atom. The SMILES string of the molecule is CCOC(O)c1cn(COCC[Si](C)(C)C)nc1I. The van der Waals surface area contributed by atoms with E-state index in [1.165, 1.54) is 0 Å². The summed E-state index contributed by atoms with van der Waals surface area (Å²) in [6.45, 7) is 10.5. The van der Waals surface area contributed by atoms with Crippen LogP contribution in [0.25, 0.3) is 0 Å². The molecule has 0 spiro atoms. The Balaban J connectivity index is 2.45. The van der Waals surface area contributed by atoms with E-state index in [0.29, 0.717) is 18.9 Å².